The molecule has 0 N–H and O–H groups in total. The largest absolute Gasteiger partial charge is 0.490 e. The van der Waals surface area contributed by atoms with Gasteiger partial charge in [0, 0.05) is 19.2 Å². The fourth-order valence-electron chi connectivity index (χ4n) is 2.48. The van der Waals surface area contributed by atoms with Crippen LogP contribution in [0.3, 0.4) is 0 Å². The molecule has 1 fully saturated rings. The lowest BCUT2D eigenvalue weighted by Crippen LogP contribution is -2.38. The molecule has 1 heterocycles. The number of unbranched alkanes of at least 4 members (excludes halogenated alkanes) is 1. The lowest BCUT2D eigenvalue weighted by Gasteiger charge is -2.32. The highest BCUT2D eigenvalue weighted by Crippen LogP contribution is 2.21. The topological polar surface area (TPSA) is 36.3 Å². The Hall–Kier alpha value is -1.60. The van der Waals surface area contributed by atoms with Gasteiger partial charge in [0.1, 0.15) is 23.7 Å². The Morgan fingerprint density at radius 2 is 2.15 bits per heavy atom. The molecule has 0 saturated carbocycles. The third-order valence-corrected chi connectivity index (χ3v) is 3.73. The van der Waals surface area contributed by atoms with E-state index in [-0.39, 0.29) is 11.7 Å². The molecular weight excluding hydrogens is 255 g/mol. The molecule has 0 radical (unpaired) electrons. The number of halogens is 1. The monoisotopic (exact) mass is 276 g/mol. The van der Waals surface area contributed by atoms with Crippen LogP contribution in [0.1, 0.15) is 38.2 Å². The molecule has 0 unspecified atom stereocenters. The highest BCUT2D eigenvalue weighted by Gasteiger charge is 2.20. The number of nitriles is 1. The number of likely N-dealkylation sites (tertiary alicyclic amines) is 1. The minimum absolute atomic E-state index is 0.0618. The Labute approximate surface area is 120 Å². The number of nitrogens with zero attached hydrogens (tertiary/aromatic N) is 2. The molecule has 0 bridgehead atoms. The molecule has 0 atom stereocenters. The van der Waals surface area contributed by atoms with Crippen molar-refractivity contribution in [2.45, 2.75) is 38.7 Å². The van der Waals surface area contributed by atoms with Crippen LogP contribution in [-0.4, -0.2) is 30.6 Å². The third kappa shape index (κ3) is 3.94. The van der Waals surface area contributed by atoms with Gasteiger partial charge < -0.3 is 9.64 Å². The number of piperidine rings is 1. The van der Waals surface area contributed by atoms with Crippen molar-refractivity contribution in [2.24, 2.45) is 0 Å². The molecule has 0 spiro atoms. The average Bonchev–Trinajstić information content (AvgIpc) is 2.47. The molecule has 1 saturated heterocycles. The second kappa shape index (κ2) is 7.25. The van der Waals surface area contributed by atoms with Crippen molar-refractivity contribution in [1.82, 2.24) is 4.90 Å². The maximum atomic E-state index is 13.5. The molecule has 20 heavy (non-hydrogen) atoms. The first-order chi connectivity index (χ1) is 9.72. The molecule has 0 aromatic heterocycles. The summed E-state index contributed by atoms with van der Waals surface area (Å²) in [5, 5.41) is 8.69. The zero-order valence-corrected chi connectivity index (χ0v) is 11.9. The molecule has 0 aliphatic carbocycles. The normalized spacial score (nSPS) is 16.9. The van der Waals surface area contributed by atoms with Crippen LogP contribution in [0, 0.1) is 17.1 Å². The van der Waals surface area contributed by atoms with Gasteiger partial charge in [0.25, 0.3) is 0 Å². The van der Waals surface area contributed by atoms with Crippen molar-refractivity contribution in [1.29, 1.82) is 5.26 Å². The van der Waals surface area contributed by atoms with Crippen molar-refractivity contribution in [2.75, 3.05) is 19.6 Å². The molecule has 1 aliphatic heterocycles. The maximum absolute atomic E-state index is 13.5. The van der Waals surface area contributed by atoms with E-state index in [0.29, 0.717) is 5.75 Å². The summed E-state index contributed by atoms with van der Waals surface area (Å²) >= 11 is 0. The number of rotatable bonds is 5. The second-order valence-electron chi connectivity index (χ2n) is 5.27. The van der Waals surface area contributed by atoms with Crippen LogP contribution in [0.5, 0.6) is 5.75 Å². The first-order valence-corrected chi connectivity index (χ1v) is 7.31. The Kier molecular flexibility index (Phi) is 5.37. The van der Waals surface area contributed by atoms with Gasteiger partial charge in [-0.1, -0.05) is 13.3 Å². The Morgan fingerprint density at radius 1 is 1.40 bits per heavy atom. The van der Waals surface area contributed by atoms with Crippen molar-refractivity contribution < 1.29 is 9.13 Å². The van der Waals surface area contributed by atoms with Crippen LogP contribution in [0.4, 0.5) is 4.39 Å². The summed E-state index contributed by atoms with van der Waals surface area (Å²) < 4.78 is 19.3. The van der Waals surface area contributed by atoms with Crippen molar-refractivity contribution in [3.8, 4) is 11.8 Å². The Bertz CT molecular complexity index is 476. The van der Waals surface area contributed by atoms with Gasteiger partial charge in [0.15, 0.2) is 0 Å². The van der Waals surface area contributed by atoms with E-state index in [9.17, 15) is 4.39 Å². The van der Waals surface area contributed by atoms with Gasteiger partial charge in [-0.05, 0) is 37.9 Å². The summed E-state index contributed by atoms with van der Waals surface area (Å²) in [5.41, 5.74) is 0.0618. The maximum Gasteiger partial charge on any atom is 0.144 e. The number of benzene rings is 1. The predicted octanol–water partition coefficient (Wildman–Crippen LogP) is 3.34. The second-order valence-corrected chi connectivity index (χ2v) is 5.27. The summed E-state index contributed by atoms with van der Waals surface area (Å²) in [6, 6.07) is 6.27. The highest BCUT2D eigenvalue weighted by molar-refractivity contribution is 5.36. The van der Waals surface area contributed by atoms with E-state index < -0.39 is 5.82 Å². The van der Waals surface area contributed by atoms with Gasteiger partial charge in [-0.2, -0.15) is 5.26 Å². The standard InChI is InChI=1S/C16H21FN2O/c1-2-3-8-19-9-6-14(7-10-19)20-15-5-4-13(12-18)16(17)11-15/h4-5,11,14H,2-3,6-10H2,1H3. The zero-order valence-electron chi connectivity index (χ0n) is 11.9. The number of hydrogen-bond acceptors (Lipinski definition) is 3. The van der Waals surface area contributed by atoms with E-state index in [1.165, 1.54) is 25.0 Å². The van der Waals surface area contributed by atoms with Crippen LogP contribution in [0.2, 0.25) is 0 Å². The highest BCUT2D eigenvalue weighted by atomic mass is 19.1. The van der Waals surface area contributed by atoms with Crippen molar-refractivity contribution >= 4 is 0 Å². The summed E-state index contributed by atoms with van der Waals surface area (Å²) in [6.45, 7) is 5.46. The Balaban J connectivity index is 1.83. The number of hydrogen-bond donors (Lipinski definition) is 0. The molecule has 108 valence electrons. The van der Waals surface area contributed by atoms with Crippen LogP contribution >= 0.6 is 0 Å². The first-order valence-electron chi connectivity index (χ1n) is 7.31. The SMILES string of the molecule is CCCCN1CCC(Oc2ccc(C#N)c(F)c2)CC1. The quantitative estimate of drug-likeness (QED) is 0.827. The van der Waals surface area contributed by atoms with Crippen LogP contribution < -0.4 is 4.74 Å². The van der Waals surface area contributed by atoms with Gasteiger partial charge in [-0.25, -0.2) is 4.39 Å². The zero-order chi connectivity index (χ0) is 14.4. The summed E-state index contributed by atoms with van der Waals surface area (Å²) in [4.78, 5) is 2.46. The fraction of sp³-hybridized carbons (Fsp3) is 0.562. The predicted molar refractivity (Wildman–Crippen MR) is 76.1 cm³/mol. The van der Waals surface area contributed by atoms with Crippen molar-refractivity contribution in [3.63, 3.8) is 0 Å². The molecule has 3 nitrogen and oxygen atoms in total. The summed E-state index contributed by atoms with van der Waals surface area (Å²) in [5.74, 6) is 0.0129. The molecule has 2 rings (SSSR count). The molecule has 1 aliphatic rings. The Morgan fingerprint density at radius 3 is 2.75 bits per heavy atom. The van der Waals surface area contributed by atoms with Crippen LogP contribution in [-0.2, 0) is 0 Å². The van der Waals surface area contributed by atoms with Gasteiger partial charge in [0.2, 0.25) is 0 Å². The van der Waals surface area contributed by atoms with Gasteiger partial charge in [0.05, 0.1) is 5.56 Å². The van der Waals surface area contributed by atoms with Gasteiger partial charge >= 0.3 is 0 Å². The third-order valence-electron chi connectivity index (χ3n) is 3.73. The van der Waals surface area contributed by atoms with Gasteiger partial charge in [-0.15, -0.1) is 0 Å². The van der Waals surface area contributed by atoms with E-state index in [0.717, 1.165) is 32.5 Å². The molecule has 1 aromatic rings. The lowest BCUT2D eigenvalue weighted by atomic mass is 10.1. The molecule has 1 aromatic carbocycles. The summed E-state index contributed by atoms with van der Waals surface area (Å²) in [6.07, 6.45) is 4.57. The summed E-state index contributed by atoms with van der Waals surface area (Å²) in [7, 11) is 0. The van der Waals surface area contributed by atoms with Gasteiger partial charge in [-0.3, -0.25) is 0 Å². The molecule has 0 amide bonds. The molecule has 4 heteroatoms. The fourth-order valence-corrected chi connectivity index (χ4v) is 2.48. The first kappa shape index (κ1) is 14.8. The molecular formula is C16H21FN2O. The van der Waals surface area contributed by atoms with Crippen molar-refractivity contribution in [3.05, 3.63) is 29.6 Å². The smallest absolute Gasteiger partial charge is 0.144 e. The number of ether oxygens (including phenoxy) is 1. The van der Waals surface area contributed by atoms with Crippen LogP contribution in [0.25, 0.3) is 0 Å². The van der Waals surface area contributed by atoms with E-state index >= 15 is 0 Å². The van der Waals surface area contributed by atoms with E-state index in [1.807, 2.05) is 6.07 Å². The van der Waals surface area contributed by atoms with E-state index in [1.54, 1.807) is 6.07 Å². The minimum Gasteiger partial charge on any atom is -0.490 e. The van der Waals surface area contributed by atoms with E-state index in [4.69, 9.17) is 10.00 Å². The van der Waals surface area contributed by atoms with E-state index in [2.05, 4.69) is 11.8 Å². The van der Waals surface area contributed by atoms with Crippen LogP contribution in [0.15, 0.2) is 18.2 Å². The lowest BCUT2D eigenvalue weighted by molar-refractivity contribution is 0.0996. The minimum atomic E-state index is -0.509. The average molecular weight is 276 g/mol.